The molecule has 17 heavy (non-hydrogen) atoms. The molecule has 1 aliphatic heterocycles. The van der Waals surface area contributed by atoms with Crippen LogP contribution in [0.5, 0.6) is 0 Å². The van der Waals surface area contributed by atoms with E-state index in [1.54, 1.807) is 0 Å². The molecule has 0 amide bonds. The highest BCUT2D eigenvalue weighted by Gasteiger charge is 2.12. The zero-order valence-corrected chi connectivity index (χ0v) is 9.94. The topological polar surface area (TPSA) is 42.7 Å². The van der Waals surface area contributed by atoms with Gasteiger partial charge in [-0.3, -0.25) is 0 Å². The number of aromatic nitrogens is 3. The molecule has 3 rings (SSSR count). The van der Waals surface area contributed by atoms with Crippen molar-refractivity contribution in [2.24, 2.45) is 0 Å². The smallest absolute Gasteiger partial charge is 0.135 e. The van der Waals surface area contributed by atoms with Crippen LogP contribution in [-0.4, -0.2) is 21.3 Å². The lowest BCUT2D eigenvalue weighted by Crippen LogP contribution is -2.09. The van der Waals surface area contributed by atoms with Gasteiger partial charge >= 0.3 is 0 Å². The van der Waals surface area contributed by atoms with Gasteiger partial charge in [-0.05, 0) is 25.5 Å². The maximum absolute atomic E-state index is 4.52. The molecule has 86 valence electrons. The fourth-order valence-electron chi connectivity index (χ4n) is 1.97. The van der Waals surface area contributed by atoms with E-state index in [-0.39, 0.29) is 0 Å². The highest BCUT2D eigenvalue weighted by molar-refractivity contribution is 5.73. The van der Waals surface area contributed by atoms with Crippen molar-refractivity contribution in [2.45, 2.75) is 13.8 Å². The van der Waals surface area contributed by atoms with Gasteiger partial charge in [0.05, 0.1) is 11.4 Å². The summed E-state index contributed by atoms with van der Waals surface area (Å²) in [5.41, 5.74) is 4.42. The first-order valence-electron chi connectivity index (χ1n) is 5.68. The van der Waals surface area contributed by atoms with Crippen LogP contribution in [0.4, 0.5) is 5.82 Å². The lowest BCUT2D eigenvalue weighted by atomic mass is 10.1. The molecule has 0 fully saturated rings. The Morgan fingerprint density at radius 1 is 1.35 bits per heavy atom. The van der Waals surface area contributed by atoms with Crippen LogP contribution >= 0.6 is 0 Å². The number of aryl methyl sites for hydroxylation is 2. The minimum absolute atomic E-state index is 0.834. The number of hydrogen-bond donors (Lipinski definition) is 1. The van der Waals surface area contributed by atoms with Gasteiger partial charge in [0.25, 0.3) is 0 Å². The number of nitrogens with one attached hydrogen (secondary N) is 1. The Hall–Kier alpha value is -2.10. The van der Waals surface area contributed by atoms with Crippen molar-refractivity contribution in [1.82, 2.24) is 14.8 Å². The first-order valence-corrected chi connectivity index (χ1v) is 5.68. The molecule has 2 aromatic rings. The summed E-state index contributed by atoms with van der Waals surface area (Å²) >= 11 is 0. The summed E-state index contributed by atoms with van der Waals surface area (Å²) in [4.78, 5) is 4.33. The summed E-state index contributed by atoms with van der Waals surface area (Å²) in [7, 11) is 0. The first-order chi connectivity index (χ1) is 8.25. The number of anilines is 1. The third kappa shape index (κ3) is 1.62. The minimum atomic E-state index is 0.834. The Balaban J connectivity index is 2.19. The molecule has 0 atom stereocenters. The van der Waals surface area contributed by atoms with Crippen molar-refractivity contribution in [3.63, 3.8) is 0 Å². The normalized spacial score (nSPS) is 13.3. The molecule has 0 spiro atoms. The van der Waals surface area contributed by atoms with Crippen LogP contribution in [0.1, 0.15) is 16.8 Å². The Morgan fingerprint density at radius 2 is 2.24 bits per heavy atom. The third-order valence-electron chi connectivity index (χ3n) is 3.03. The quantitative estimate of drug-likeness (QED) is 0.811. The van der Waals surface area contributed by atoms with E-state index in [0.717, 1.165) is 29.3 Å². The van der Waals surface area contributed by atoms with E-state index in [2.05, 4.69) is 34.5 Å². The number of fused-ring (bicyclic) bond motifs is 1. The van der Waals surface area contributed by atoms with E-state index in [0.29, 0.717) is 0 Å². The fourth-order valence-corrected chi connectivity index (χ4v) is 1.97. The van der Waals surface area contributed by atoms with Crippen molar-refractivity contribution < 1.29 is 0 Å². The molecule has 0 unspecified atom stereocenters. The second-order valence-electron chi connectivity index (χ2n) is 4.22. The van der Waals surface area contributed by atoms with Gasteiger partial charge in [-0.25, -0.2) is 9.67 Å². The molecule has 4 nitrogen and oxygen atoms in total. The van der Waals surface area contributed by atoms with Crippen molar-refractivity contribution in [1.29, 1.82) is 0 Å². The summed E-state index contributed by atoms with van der Waals surface area (Å²) in [6, 6.07) is 1.99. The van der Waals surface area contributed by atoms with E-state index >= 15 is 0 Å². The van der Waals surface area contributed by atoms with E-state index in [1.807, 2.05) is 30.1 Å². The van der Waals surface area contributed by atoms with E-state index < -0.39 is 0 Å². The molecule has 3 heterocycles. The molecule has 1 aliphatic rings. The van der Waals surface area contributed by atoms with Crippen LogP contribution in [0, 0.1) is 13.8 Å². The minimum Gasteiger partial charge on any atom is -0.366 e. The molecule has 2 aromatic heterocycles. The van der Waals surface area contributed by atoms with Gasteiger partial charge in [-0.2, -0.15) is 5.10 Å². The highest BCUT2D eigenvalue weighted by Crippen LogP contribution is 2.25. The summed E-state index contributed by atoms with van der Waals surface area (Å²) in [6.45, 7) is 4.93. The van der Waals surface area contributed by atoms with Gasteiger partial charge in [0, 0.05) is 24.5 Å². The fraction of sp³-hybridized carbons (Fsp3) is 0.231. The lowest BCUT2D eigenvalue weighted by Gasteiger charge is -2.15. The third-order valence-corrected chi connectivity index (χ3v) is 3.03. The van der Waals surface area contributed by atoms with Gasteiger partial charge in [-0.1, -0.05) is 12.2 Å². The van der Waals surface area contributed by atoms with Crippen LogP contribution in [0.15, 0.2) is 24.5 Å². The molecule has 4 heteroatoms. The van der Waals surface area contributed by atoms with E-state index in [9.17, 15) is 0 Å². The highest BCUT2D eigenvalue weighted by atomic mass is 15.3. The van der Waals surface area contributed by atoms with Crippen LogP contribution in [0.2, 0.25) is 0 Å². The molecular weight excluding hydrogens is 212 g/mol. The van der Waals surface area contributed by atoms with Gasteiger partial charge in [0.1, 0.15) is 5.82 Å². The van der Waals surface area contributed by atoms with Crippen LogP contribution in [-0.2, 0) is 0 Å². The molecule has 1 N–H and O–H groups in total. The maximum atomic E-state index is 4.52. The summed E-state index contributed by atoms with van der Waals surface area (Å²) < 4.78 is 1.92. The SMILES string of the molecule is Cc1cn(-c2ccnc3c2C=CCN3)nc1C. The van der Waals surface area contributed by atoms with Crippen molar-refractivity contribution in [3.05, 3.63) is 41.4 Å². The number of nitrogens with zero attached hydrogens (tertiary/aromatic N) is 3. The Labute approximate surface area is 100.0 Å². The Morgan fingerprint density at radius 3 is 3.00 bits per heavy atom. The zero-order chi connectivity index (χ0) is 11.8. The molecule has 0 bridgehead atoms. The Kier molecular flexibility index (Phi) is 2.21. The number of hydrogen-bond acceptors (Lipinski definition) is 3. The van der Waals surface area contributed by atoms with Gasteiger partial charge in [0.2, 0.25) is 0 Å². The second kappa shape index (κ2) is 3.73. The van der Waals surface area contributed by atoms with Crippen LogP contribution < -0.4 is 5.32 Å². The monoisotopic (exact) mass is 226 g/mol. The summed E-state index contributed by atoms with van der Waals surface area (Å²) in [6.07, 6.45) is 8.05. The number of pyridine rings is 1. The molecule has 0 saturated heterocycles. The van der Waals surface area contributed by atoms with E-state index in [4.69, 9.17) is 0 Å². The van der Waals surface area contributed by atoms with Crippen LogP contribution in [0.25, 0.3) is 11.8 Å². The summed E-state index contributed by atoms with van der Waals surface area (Å²) in [5.74, 6) is 0.927. The second-order valence-corrected chi connectivity index (χ2v) is 4.22. The molecule has 0 aromatic carbocycles. The zero-order valence-electron chi connectivity index (χ0n) is 9.94. The first kappa shape index (κ1) is 10.1. The van der Waals surface area contributed by atoms with Gasteiger partial charge in [0.15, 0.2) is 0 Å². The average Bonchev–Trinajstić information content (AvgIpc) is 2.69. The number of rotatable bonds is 1. The van der Waals surface area contributed by atoms with Crippen LogP contribution in [0.3, 0.4) is 0 Å². The molecular formula is C13H14N4. The van der Waals surface area contributed by atoms with E-state index in [1.165, 1.54) is 5.56 Å². The summed E-state index contributed by atoms with van der Waals surface area (Å²) in [5, 5.41) is 7.77. The molecule has 0 saturated carbocycles. The average molecular weight is 226 g/mol. The van der Waals surface area contributed by atoms with Crippen molar-refractivity contribution in [2.75, 3.05) is 11.9 Å². The van der Waals surface area contributed by atoms with Crippen molar-refractivity contribution in [3.8, 4) is 5.69 Å². The lowest BCUT2D eigenvalue weighted by molar-refractivity contribution is 0.857. The van der Waals surface area contributed by atoms with Gasteiger partial charge < -0.3 is 5.32 Å². The standard InChI is InChI=1S/C13H14N4/c1-9-8-17(16-10(9)2)12-5-7-15-13-11(12)4-3-6-14-13/h3-5,7-8H,6H2,1-2H3,(H,14,15). The largest absolute Gasteiger partial charge is 0.366 e. The predicted molar refractivity (Wildman–Crippen MR) is 68.4 cm³/mol. The Bertz CT molecular complexity index is 576. The van der Waals surface area contributed by atoms with Crippen molar-refractivity contribution >= 4 is 11.9 Å². The molecule has 0 aliphatic carbocycles. The predicted octanol–water partition coefficient (Wildman–Crippen LogP) is 2.32. The maximum Gasteiger partial charge on any atom is 0.135 e. The molecule has 0 radical (unpaired) electrons. The van der Waals surface area contributed by atoms with Gasteiger partial charge in [-0.15, -0.1) is 0 Å².